The molecule has 0 fully saturated rings. The van der Waals surface area contributed by atoms with Crippen molar-refractivity contribution in [1.29, 1.82) is 0 Å². The molecule has 0 amide bonds. The summed E-state index contributed by atoms with van der Waals surface area (Å²) in [6.07, 6.45) is 6.00. The number of benzene rings is 1. The molecule has 0 bridgehead atoms. The van der Waals surface area contributed by atoms with Gasteiger partial charge in [-0.05, 0) is 30.0 Å². The van der Waals surface area contributed by atoms with Crippen LogP contribution in [0.3, 0.4) is 0 Å². The van der Waals surface area contributed by atoms with E-state index in [4.69, 9.17) is 9.84 Å². The number of fused-ring (bicyclic) bond motifs is 1. The second-order valence-corrected chi connectivity index (χ2v) is 4.67. The molecule has 0 spiro atoms. The number of aliphatic carboxylic acids is 1. The van der Waals surface area contributed by atoms with E-state index in [1.165, 1.54) is 5.56 Å². The second-order valence-electron chi connectivity index (χ2n) is 4.67. The summed E-state index contributed by atoms with van der Waals surface area (Å²) < 4.78 is 5.95. The molecule has 3 heteroatoms. The van der Waals surface area contributed by atoms with Crippen molar-refractivity contribution in [2.75, 3.05) is 0 Å². The van der Waals surface area contributed by atoms with Crippen LogP contribution < -0.4 is 4.74 Å². The number of para-hydroxylation sites is 1. The van der Waals surface area contributed by atoms with Crippen LogP contribution in [0.4, 0.5) is 0 Å². The third-order valence-electron chi connectivity index (χ3n) is 3.50. The quantitative estimate of drug-likeness (QED) is 0.867. The summed E-state index contributed by atoms with van der Waals surface area (Å²) in [5, 5.41) is 8.94. The normalized spacial score (nSPS) is 21.7. The first-order chi connectivity index (χ1) is 8.74. The van der Waals surface area contributed by atoms with Gasteiger partial charge in [-0.1, -0.05) is 30.4 Å². The van der Waals surface area contributed by atoms with E-state index in [9.17, 15) is 4.79 Å². The van der Waals surface area contributed by atoms with Gasteiger partial charge in [0, 0.05) is 12.0 Å². The van der Waals surface area contributed by atoms with Gasteiger partial charge in [0.1, 0.15) is 11.9 Å². The summed E-state index contributed by atoms with van der Waals surface area (Å²) >= 11 is 0. The van der Waals surface area contributed by atoms with Gasteiger partial charge in [0.2, 0.25) is 0 Å². The molecule has 1 N–H and O–H groups in total. The molecule has 2 aliphatic rings. The van der Waals surface area contributed by atoms with E-state index in [0.29, 0.717) is 12.0 Å². The Labute approximate surface area is 105 Å². The minimum atomic E-state index is -0.836. The Kier molecular flexibility index (Phi) is 2.67. The van der Waals surface area contributed by atoms with Crippen LogP contribution in [0, 0.1) is 0 Å². The lowest BCUT2D eigenvalue weighted by Crippen LogP contribution is -2.24. The van der Waals surface area contributed by atoms with E-state index in [0.717, 1.165) is 24.2 Å². The average Bonchev–Trinajstić information content (AvgIpc) is 2.88. The zero-order valence-electron chi connectivity index (χ0n) is 9.93. The predicted molar refractivity (Wildman–Crippen MR) is 67.6 cm³/mol. The standard InChI is InChI=1S/C15H14O3/c16-15(17)12-6-5-11(9-12)14-8-7-10-3-1-2-4-13(10)18-14/h1-6,14H,7-9H2,(H,16,17). The van der Waals surface area contributed by atoms with Crippen LogP contribution in [0.5, 0.6) is 5.75 Å². The Bertz CT molecular complexity index is 555. The van der Waals surface area contributed by atoms with Crippen molar-refractivity contribution in [3.05, 3.63) is 53.1 Å². The van der Waals surface area contributed by atoms with E-state index < -0.39 is 5.97 Å². The summed E-state index contributed by atoms with van der Waals surface area (Å²) in [5.74, 6) is 0.0934. The molecule has 1 aromatic rings. The lowest BCUT2D eigenvalue weighted by Gasteiger charge is -2.27. The van der Waals surface area contributed by atoms with E-state index in [-0.39, 0.29) is 6.10 Å². The van der Waals surface area contributed by atoms with Crippen LogP contribution in [0.15, 0.2) is 47.6 Å². The van der Waals surface area contributed by atoms with Gasteiger partial charge in [0.25, 0.3) is 0 Å². The molecule has 1 unspecified atom stereocenters. The number of hydrogen-bond donors (Lipinski definition) is 1. The summed E-state index contributed by atoms with van der Waals surface area (Å²) in [7, 11) is 0. The highest BCUT2D eigenvalue weighted by atomic mass is 16.5. The molecule has 18 heavy (non-hydrogen) atoms. The fraction of sp³-hybridized carbons (Fsp3) is 0.267. The van der Waals surface area contributed by atoms with Crippen molar-refractivity contribution in [3.63, 3.8) is 0 Å². The van der Waals surface area contributed by atoms with Crippen LogP contribution >= 0.6 is 0 Å². The molecule has 0 saturated heterocycles. The first-order valence-electron chi connectivity index (χ1n) is 6.11. The molecule has 1 aromatic carbocycles. The minimum absolute atomic E-state index is 0.0213. The Morgan fingerprint density at radius 1 is 1.28 bits per heavy atom. The molecule has 92 valence electrons. The van der Waals surface area contributed by atoms with Gasteiger partial charge in [-0.3, -0.25) is 0 Å². The number of allylic oxidation sites excluding steroid dienone is 2. The van der Waals surface area contributed by atoms with Crippen LogP contribution in [0.25, 0.3) is 0 Å². The Morgan fingerprint density at radius 3 is 2.89 bits per heavy atom. The summed E-state index contributed by atoms with van der Waals surface area (Å²) in [6, 6.07) is 8.03. The van der Waals surface area contributed by atoms with E-state index in [1.807, 2.05) is 24.3 Å². The summed E-state index contributed by atoms with van der Waals surface area (Å²) in [4.78, 5) is 10.9. The fourth-order valence-electron chi connectivity index (χ4n) is 2.50. The van der Waals surface area contributed by atoms with Crippen LogP contribution in [-0.2, 0) is 11.2 Å². The third kappa shape index (κ3) is 1.92. The van der Waals surface area contributed by atoms with Gasteiger partial charge in [0.15, 0.2) is 0 Å². The fourth-order valence-corrected chi connectivity index (χ4v) is 2.50. The van der Waals surface area contributed by atoms with E-state index in [1.54, 1.807) is 6.08 Å². The van der Waals surface area contributed by atoms with Crippen LogP contribution in [0.2, 0.25) is 0 Å². The second kappa shape index (κ2) is 4.33. The molecule has 0 radical (unpaired) electrons. The number of carbonyl (C=O) groups is 1. The van der Waals surface area contributed by atoms with Gasteiger partial charge in [-0.2, -0.15) is 0 Å². The predicted octanol–water partition coefficient (Wildman–Crippen LogP) is 2.72. The number of carboxylic acids is 1. The van der Waals surface area contributed by atoms with Crippen molar-refractivity contribution in [2.45, 2.75) is 25.4 Å². The monoisotopic (exact) mass is 242 g/mol. The topological polar surface area (TPSA) is 46.5 Å². The van der Waals surface area contributed by atoms with Crippen LogP contribution in [-0.4, -0.2) is 17.2 Å². The molecule has 3 rings (SSSR count). The smallest absolute Gasteiger partial charge is 0.331 e. The highest BCUT2D eigenvalue weighted by molar-refractivity contribution is 5.88. The molecular weight excluding hydrogens is 228 g/mol. The first kappa shape index (κ1) is 11.1. The van der Waals surface area contributed by atoms with Crippen molar-refractivity contribution >= 4 is 5.97 Å². The molecule has 1 aliphatic carbocycles. The number of aryl methyl sites for hydroxylation is 1. The van der Waals surface area contributed by atoms with Crippen LogP contribution in [0.1, 0.15) is 18.4 Å². The van der Waals surface area contributed by atoms with Gasteiger partial charge < -0.3 is 9.84 Å². The highest BCUT2D eigenvalue weighted by Crippen LogP contribution is 2.33. The number of ether oxygens (including phenoxy) is 1. The third-order valence-corrected chi connectivity index (χ3v) is 3.50. The Balaban J connectivity index is 1.73. The Hall–Kier alpha value is -2.03. The van der Waals surface area contributed by atoms with Gasteiger partial charge in [-0.25, -0.2) is 4.79 Å². The van der Waals surface area contributed by atoms with E-state index >= 15 is 0 Å². The van der Waals surface area contributed by atoms with Crippen molar-refractivity contribution in [1.82, 2.24) is 0 Å². The van der Waals surface area contributed by atoms with Gasteiger partial charge in [-0.15, -0.1) is 0 Å². The molecule has 1 aliphatic heterocycles. The molecule has 0 aromatic heterocycles. The average molecular weight is 242 g/mol. The zero-order valence-corrected chi connectivity index (χ0v) is 9.93. The molecule has 1 heterocycles. The molecule has 0 saturated carbocycles. The van der Waals surface area contributed by atoms with Gasteiger partial charge >= 0.3 is 5.97 Å². The van der Waals surface area contributed by atoms with Gasteiger partial charge in [0.05, 0.1) is 0 Å². The molecular formula is C15H14O3. The maximum Gasteiger partial charge on any atom is 0.331 e. The minimum Gasteiger partial charge on any atom is -0.486 e. The van der Waals surface area contributed by atoms with E-state index in [2.05, 4.69) is 6.07 Å². The summed E-state index contributed by atoms with van der Waals surface area (Å²) in [5.41, 5.74) is 2.76. The lowest BCUT2D eigenvalue weighted by molar-refractivity contribution is -0.132. The molecule has 1 atom stereocenters. The maximum atomic E-state index is 10.9. The summed E-state index contributed by atoms with van der Waals surface area (Å²) in [6.45, 7) is 0. The molecule has 3 nitrogen and oxygen atoms in total. The maximum absolute atomic E-state index is 10.9. The largest absolute Gasteiger partial charge is 0.486 e. The number of rotatable bonds is 2. The Morgan fingerprint density at radius 2 is 2.11 bits per heavy atom. The van der Waals surface area contributed by atoms with Crippen molar-refractivity contribution in [3.8, 4) is 5.75 Å². The number of hydrogen-bond acceptors (Lipinski definition) is 2. The highest BCUT2D eigenvalue weighted by Gasteiger charge is 2.26. The SMILES string of the molecule is O=C(O)C1=CC=C(C2CCc3ccccc3O2)C1. The first-order valence-corrected chi connectivity index (χ1v) is 6.11. The number of carboxylic acid groups (broad SMARTS) is 1. The van der Waals surface area contributed by atoms with Crippen molar-refractivity contribution < 1.29 is 14.6 Å². The van der Waals surface area contributed by atoms with Crippen molar-refractivity contribution in [2.24, 2.45) is 0 Å². The lowest BCUT2D eigenvalue weighted by atomic mass is 9.96. The zero-order chi connectivity index (χ0) is 12.5.